The highest BCUT2D eigenvalue weighted by Crippen LogP contribution is 2.33. The second kappa shape index (κ2) is 5.03. The van der Waals surface area contributed by atoms with Gasteiger partial charge in [-0.25, -0.2) is 0 Å². The number of carbonyl (C=O) groups excluding carboxylic acids is 2. The van der Waals surface area contributed by atoms with Crippen LogP contribution in [0.15, 0.2) is 18.2 Å². The van der Waals surface area contributed by atoms with Crippen LogP contribution in [-0.4, -0.2) is 38.1 Å². The van der Waals surface area contributed by atoms with Gasteiger partial charge in [0.05, 0.1) is 12.2 Å². The Morgan fingerprint density at radius 1 is 1.50 bits per heavy atom. The van der Waals surface area contributed by atoms with Crippen molar-refractivity contribution in [1.82, 2.24) is 5.32 Å². The molecule has 1 aromatic rings. The Morgan fingerprint density at radius 2 is 2.35 bits per heavy atom. The number of rotatable bonds is 2. The van der Waals surface area contributed by atoms with Gasteiger partial charge in [-0.1, -0.05) is 0 Å². The van der Waals surface area contributed by atoms with Gasteiger partial charge < -0.3 is 20.3 Å². The van der Waals surface area contributed by atoms with Crippen LogP contribution >= 0.6 is 0 Å². The van der Waals surface area contributed by atoms with E-state index in [9.17, 15) is 9.59 Å². The van der Waals surface area contributed by atoms with E-state index in [1.165, 1.54) is 0 Å². The first-order valence-electron chi connectivity index (χ1n) is 6.72. The van der Waals surface area contributed by atoms with E-state index < -0.39 is 6.04 Å². The standard InChI is InChI=1S/C14H17N3O3/c1-17-6-7-20-12-4-2-9(8-11(12)17)15-14(19)10-3-5-13(18)16-10/h2,4,8,10H,3,5-7H2,1H3,(H,15,19)(H,16,18). The summed E-state index contributed by atoms with van der Waals surface area (Å²) < 4.78 is 5.56. The number of ether oxygens (including phenoxy) is 1. The molecule has 0 bridgehead atoms. The maximum Gasteiger partial charge on any atom is 0.246 e. The number of carbonyl (C=O) groups is 2. The number of nitrogens with zero attached hydrogens (tertiary/aromatic N) is 1. The molecule has 2 aliphatic heterocycles. The fourth-order valence-corrected chi connectivity index (χ4v) is 2.47. The van der Waals surface area contributed by atoms with Gasteiger partial charge in [0.15, 0.2) is 0 Å². The predicted molar refractivity (Wildman–Crippen MR) is 75.0 cm³/mol. The third-order valence-corrected chi connectivity index (χ3v) is 3.63. The van der Waals surface area contributed by atoms with Crippen molar-refractivity contribution in [2.24, 2.45) is 0 Å². The number of hydrogen-bond donors (Lipinski definition) is 2. The summed E-state index contributed by atoms with van der Waals surface area (Å²) >= 11 is 0. The zero-order chi connectivity index (χ0) is 14.1. The van der Waals surface area contributed by atoms with Crippen molar-refractivity contribution < 1.29 is 14.3 Å². The van der Waals surface area contributed by atoms with Crippen LogP contribution in [0.1, 0.15) is 12.8 Å². The zero-order valence-electron chi connectivity index (χ0n) is 11.3. The molecular formula is C14H17N3O3. The average Bonchev–Trinajstić information content (AvgIpc) is 2.86. The van der Waals surface area contributed by atoms with Crippen molar-refractivity contribution in [2.75, 3.05) is 30.4 Å². The van der Waals surface area contributed by atoms with E-state index in [-0.39, 0.29) is 11.8 Å². The van der Waals surface area contributed by atoms with Gasteiger partial charge in [-0.05, 0) is 24.6 Å². The Morgan fingerprint density at radius 3 is 3.10 bits per heavy atom. The van der Waals surface area contributed by atoms with E-state index in [1.54, 1.807) is 0 Å². The van der Waals surface area contributed by atoms with Crippen LogP contribution in [0.3, 0.4) is 0 Å². The molecule has 6 nitrogen and oxygen atoms in total. The largest absolute Gasteiger partial charge is 0.490 e. The van der Waals surface area contributed by atoms with Crippen LogP contribution in [0, 0.1) is 0 Å². The Hall–Kier alpha value is -2.24. The van der Waals surface area contributed by atoms with Crippen molar-refractivity contribution in [1.29, 1.82) is 0 Å². The summed E-state index contributed by atoms with van der Waals surface area (Å²) in [4.78, 5) is 25.3. The fourth-order valence-electron chi connectivity index (χ4n) is 2.47. The lowest BCUT2D eigenvalue weighted by molar-refractivity contribution is -0.122. The van der Waals surface area contributed by atoms with E-state index in [0.29, 0.717) is 25.1 Å². The van der Waals surface area contributed by atoms with Crippen molar-refractivity contribution in [2.45, 2.75) is 18.9 Å². The summed E-state index contributed by atoms with van der Waals surface area (Å²) in [6.07, 6.45) is 0.970. The molecule has 0 saturated carbocycles. The molecule has 2 N–H and O–H groups in total. The normalized spacial score (nSPS) is 20.9. The Bertz CT molecular complexity index is 559. The van der Waals surface area contributed by atoms with Crippen LogP contribution in [0.4, 0.5) is 11.4 Å². The summed E-state index contributed by atoms with van der Waals surface area (Å²) in [6.45, 7) is 1.49. The highest BCUT2D eigenvalue weighted by atomic mass is 16.5. The van der Waals surface area contributed by atoms with Gasteiger partial charge >= 0.3 is 0 Å². The molecule has 1 aromatic carbocycles. The number of benzene rings is 1. The number of fused-ring (bicyclic) bond motifs is 1. The molecule has 6 heteroatoms. The summed E-state index contributed by atoms with van der Waals surface area (Å²) in [5.74, 6) is 0.588. The van der Waals surface area contributed by atoms with Gasteiger partial charge in [-0.2, -0.15) is 0 Å². The van der Waals surface area contributed by atoms with Crippen LogP contribution in [-0.2, 0) is 9.59 Å². The molecule has 0 radical (unpaired) electrons. The van der Waals surface area contributed by atoms with Gasteiger partial charge in [-0.3, -0.25) is 9.59 Å². The molecule has 2 amide bonds. The molecule has 1 unspecified atom stereocenters. The summed E-state index contributed by atoms with van der Waals surface area (Å²) in [5.41, 5.74) is 1.68. The minimum atomic E-state index is -0.424. The zero-order valence-corrected chi connectivity index (χ0v) is 11.3. The number of amides is 2. The summed E-state index contributed by atoms with van der Waals surface area (Å²) in [5, 5.41) is 5.50. The molecule has 1 saturated heterocycles. The molecule has 2 aliphatic rings. The number of nitrogens with one attached hydrogen (secondary N) is 2. The van der Waals surface area contributed by atoms with Gasteiger partial charge in [0, 0.05) is 19.2 Å². The van der Waals surface area contributed by atoms with Gasteiger partial charge in [-0.15, -0.1) is 0 Å². The summed E-state index contributed by atoms with van der Waals surface area (Å²) in [7, 11) is 1.99. The van der Waals surface area contributed by atoms with Crippen molar-refractivity contribution in [3.63, 3.8) is 0 Å². The fraction of sp³-hybridized carbons (Fsp3) is 0.429. The number of anilines is 2. The van der Waals surface area contributed by atoms with Crippen LogP contribution in [0.25, 0.3) is 0 Å². The van der Waals surface area contributed by atoms with E-state index in [0.717, 1.165) is 18.0 Å². The third-order valence-electron chi connectivity index (χ3n) is 3.63. The van der Waals surface area contributed by atoms with E-state index in [4.69, 9.17) is 4.74 Å². The van der Waals surface area contributed by atoms with Crippen LogP contribution in [0.2, 0.25) is 0 Å². The molecule has 1 fully saturated rings. The minimum Gasteiger partial charge on any atom is -0.490 e. The monoisotopic (exact) mass is 275 g/mol. The maximum atomic E-state index is 12.0. The first-order chi connectivity index (χ1) is 9.63. The topological polar surface area (TPSA) is 70.7 Å². The van der Waals surface area contributed by atoms with E-state index >= 15 is 0 Å². The smallest absolute Gasteiger partial charge is 0.246 e. The Balaban J connectivity index is 1.73. The lowest BCUT2D eigenvalue weighted by Crippen LogP contribution is -2.37. The first-order valence-corrected chi connectivity index (χ1v) is 6.72. The number of hydrogen-bond acceptors (Lipinski definition) is 4. The first kappa shape index (κ1) is 12.8. The van der Waals surface area contributed by atoms with E-state index in [1.807, 2.05) is 25.2 Å². The van der Waals surface area contributed by atoms with Gasteiger partial charge in [0.1, 0.15) is 18.4 Å². The van der Waals surface area contributed by atoms with Crippen LogP contribution in [0.5, 0.6) is 5.75 Å². The second-order valence-corrected chi connectivity index (χ2v) is 5.10. The third kappa shape index (κ3) is 2.41. The summed E-state index contributed by atoms with van der Waals surface area (Å²) in [6, 6.07) is 5.14. The molecule has 106 valence electrons. The highest BCUT2D eigenvalue weighted by molar-refractivity contribution is 5.99. The number of likely N-dealkylation sites (N-methyl/N-ethyl adjacent to an activating group) is 1. The molecule has 0 aliphatic carbocycles. The molecule has 1 atom stereocenters. The average molecular weight is 275 g/mol. The molecular weight excluding hydrogens is 258 g/mol. The molecule has 0 spiro atoms. The van der Waals surface area contributed by atoms with Crippen LogP contribution < -0.4 is 20.3 Å². The van der Waals surface area contributed by atoms with Gasteiger partial charge in [0.2, 0.25) is 11.8 Å². The quantitative estimate of drug-likeness (QED) is 0.835. The SMILES string of the molecule is CN1CCOc2ccc(NC(=O)C3CCC(=O)N3)cc21. The predicted octanol–water partition coefficient (Wildman–Crippen LogP) is 0.732. The van der Waals surface area contributed by atoms with Crippen molar-refractivity contribution in [3.8, 4) is 5.75 Å². The van der Waals surface area contributed by atoms with Crippen molar-refractivity contribution >= 4 is 23.2 Å². The van der Waals surface area contributed by atoms with Gasteiger partial charge in [0.25, 0.3) is 0 Å². The van der Waals surface area contributed by atoms with E-state index in [2.05, 4.69) is 15.5 Å². The highest BCUT2D eigenvalue weighted by Gasteiger charge is 2.27. The Labute approximate surface area is 117 Å². The molecule has 0 aromatic heterocycles. The van der Waals surface area contributed by atoms with Crippen molar-refractivity contribution in [3.05, 3.63) is 18.2 Å². The minimum absolute atomic E-state index is 0.0660. The second-order valence-electron chi connectivity index (χ2n) is 5.10. The lowest BCUT2D eigenvalue weighted by atomic mass is 10.2. The maximum absolute atomic E-state index is 12.0. The Kier molecular flexibility index (Phi) is 3.22. The molecule has 2 heterocycles. The molecule has 20 heavy (non-hydrogen) atoms. The lowest BCUT2D eigenvalue weighted by Gasteiger charge is -2.28. The molecule has 3 rings (SSSR count).